The molecule has 27 heavy (non-hydrogen) atoms. The number of para-hydroxylation sites is 2. The number of aromatic nitrogens is 2. The Morgan fingerprint density at radius 3 is 2.22 bits per heavy atom. The van der Waals surface area contributed by atoms with E-state index >= 15 is 0 Å². The molecule has 3 heteroatoms. The average molecular weight is 526 g/mol. The molecule has 0 bridgehead atoms. The third-order valence-electron chi connectivity index (χ3n) is 4.85. The Labute approximate surface area is 171 Å². The van der Waals surface area contributed by atoms with Crippen LogP contribution >= 0.6 is 0 Å². The van der Waals surface area contributed by atoms with E-state index in [0.29, 0.717) is 0 Å². The maximum absolute atomic E-state index is 4.51. The molecule has 0 unspecified atom stereocenters. The molecule has 0 aliphatic rings. The van der Waals surface area contributed by atoms with Crippen LogP contribution in [-0.4, -0.2) is 9.55 Å². The van der Waals surface area contributed by atoms with Crippen LogP contribution in [0.2, 0.25) is 0 Å². The van der Waals surface area contributed by atoms with Crippen molar-refractivity contribution in [2.45, 2.75) is 0 Å². The summed E-state index contributed by atoms with van der Waals surface area (Å²) in [5.41, 5.74) is 6.54. The van der Waals surface area contributed by atoms with Gasteiger partial charge >= 0.3 is 0 Å². The first-order valence-corrected chi connectivity index (χ1v) is 8.69. The second-order valence-electron chi connectivity index (χ2n) is 6.43. The van der Waals surface area contributed by atoms with Gasteiger partial charge in [0.05, 0.1) is 5.52 Å². The summed E-state index contributed by atoms with van der Waals surface area (Å²) in [6.07, 6.45) is 1.83. The fourth-order valence-corrected chi connectivity index (χ4v) is 3.67. The molecule has 0 aliphatic heterocycles. The number of pyridine rings is 1. The van der Waals surface area contributed by atoms with Gasteiger partial charge in [0, 0.05) is 43.1 Å². The first-order chi connectivity index (χ1) is 12.8. The van der Waals surface area contributed by atoms with E-state index in [4.69, 9.17) is 0 Å². The molecular weight excluding hydrogens is 508 g/mol. The van der Waals surface area contributed by atoms with Crippen LogP contribution < -0.4 is 0 Å². The van der Waals surface area contributed by atoms with Crippen LogP contribution in [0.1, 0.15) is 5.56 Å². The molecule has 0 N–H and O–H groups in total. The molecule has 0 atom stereocenters. The van der Waals surface area contributed by atoms with Gasteiger partial charge in [-0.1, -0.05) is 48.5 Å². The van der Waals surface area contributed by atoms with Crippen molar-refractivity contribution < 1.29 is 20.1 Å². The summed E-state index contributed by atoms with van der Waals surface area (Å²) in [6, 6.07) is 29.4. The van der Waals surface area contributed by atoms with Crippen molar-refractivity contribution in [2.75, 3.05) is 0 Å². The minimum Gasteiger partial charge on any atom is -0.321 e. The van der Waals surface area contributed by atoms with E-state index in [-0.39, 0.29) is 20.1 Å². The molecule has 133 valence electrons. The van der Waals surface area contributed by atoms with Crippen LogP contribution in [0.5, 0.6) is 0 Å². The fraction of sp³-hybridized carbons (Fsp3) is 0. The van der Waals surface area contributed by atoms with Crippen molar-refractivity contribution in [1.82, 2.24) is 9.55 Å². The van der Waals surface area contributed by atoms with E-state index in [2.05, 4.69) is 77.1 Å². The normalized spacial score (nSPS) is 10.8. The molecule has 0 saturated carbocycles. The van der Waals surface area contributed by atoms with E-state index in [1.807, 2.05) is 30.5 Å². The Balaban J connectivity index is 0.00000180. The molecule has 2 aromatic heterocycles. The largest absolute Gasteiger partial charge is 0.321 e. The van der Waals surface area contributed by atoms with E-state index in [9.17, 15) is 0 Å². The van der Waals surface area contributed by atoms with Crippen LogP contribution in [0.4, 0.5) is 0 Å². The summed E-state index contributed by atoms with van der Waals surface area (Å²) in [5, 5.41) is 2.46. The van der Waals surface area contributed by atoms with Crippen LogP contribution in [0.3, 0.4) is 0 Å². The van der Waals surface area contributed by atoms with Gasteiger partial charge in [0.15, 0.2) is 0 Å². The summed E-state index contributed by atoms with van der Waals surface area (Å²) in [4.78, 5) is 4.51. The minimum atomic E-state index is 0. The molecule has 0 saturated heterocycles. The van der Waals surface area contributed by atoms with Gasteiger partial charge in [-0.2, -0.15) is 12.5 Å². The molecular formula is C24H17IrN2-. The molecule has 0 aliphatic carbocycles. The molecule has 2 nitrogen and oxygen atoms in total. The second-order valence-corrected chi connectivity index (χ2v) is 6.43. The average Bonchev–Trinajstić information content (AvgIpc) is 3.02. The zero-order valence-corrected chi connectivity index (χ0v) is 17.0. The summed E-state index contributed by atoms with van der Waals surface area (Å²) < 4.78 is 2.31. The maximum Gasteiger partial charge on any atom is 0.0528 e. The molecule has 0 spiro atoms. The van der Waals surface area contributed by atoms with Crippen molar-refractivity contribution in [2.24, 2.45) is 0 Å². The van der Waals surface area contributed by atoms with Gasteiger partial charge in [-0.15, -0.1) is 11.6 Å². The topological polar surface area (TPSA) is 17.8 Å². The number of benzene rings is 3. The third-order valence-corrected chi connectivity index (χ3v) is 4.85. The van der Waals surface area contributed by atoms with Crippen LogP contribution in [0.25, 0.3) is 38.8 Å². The molecule has 3 aromatic carbocycles. The van der Waals surface area contributed by atoms with E-state index in [0.717, 1.165) is 22.5 Å². The number of nitrogens with zero attached hydrogens (tertiary/aromatic N) is 2. The van der Waals surface area contributed by atoms with E-state index < -0.39 is 0 Å². The van der Waals surface area contributed by atoms with Crippen molar-refractivity contribution in [3.8, 4) is 16.9 Å². The van der Waals surface area contributed by atoms with Crippen molar-refractivity contribution in [1.29, 1.82) is 0 Å². The molecule has 1 radical (unpaired) electrons. The zero-order chi connectivity index (χ0) is 17.5. The third kappa shape index (κ3) is 2.86. The monoisotopic (exact) mass is 526 g/mol. The Bertz CT molecular complexity index is 1230. The smallest absolute Gasteiger partial charge is 0.0528 e. The second kappa shape index (κ2) is 7.03. The Hall–Kier alpha value is -2.87. The molecule has 0 amide bonds. The number of fused-ring (bicyclic) bond motifs is 3. The van der Waals surface area contributed by atoms with E-state index in [1.54, 1.807) is 0 Å². The summed E-state index contributed by atoms with van der Waals surface area (Å²) in [5.74, 6) is 0. The maximum atomic E-state index is 4.51. The van der Waals surface area contributed by atoms with Crippen LogP contribution in [0, 0.1) is 6.92 Å². The standard InChI is InChI=1S/C24H17N2.Ir/c1-17-15-24-21(16-20(17)22-12-7-8-14-25-22)19-11-5-6-13-23(19)26(24)18-9-3-2-4-10-18;/h2-16H,1H2;/q-1;. The molecule has 2 heterocycles. The van der Waals surface area contributed by atoms with Gasteiger partial charge in [-0.05, 0) is 41.2 Å². The summed E-state index contributed by atoms with van der Waals surface area (Å²) >= 11 is 0. The molecule has 0 fully saturated rings. The van der Waals surface area contributed by atoms with Crippen molar-refractivity contribution in [3.63, 3.8) is 0 Å². The molecule has 5 rings (SSSR count). The fourth-order valence-electron chi connectivity index (χ4n) is 3.67. The van der Waals surface area contributed by atoms with Gasteiger partial charge in [-0.25, -0.2) is 0 Å². The summed E-state index contributed by atoms with van der Waals surface area (Å²) in [7, 11) is 0. The van der Waals surface area contributed by atoms with Gasteiger partial charge in [0.25, 0.3) is 0 Å². The predicted octanol–water partition coefficient (Wildman–Crippen LogP) is 6.03. The van der Waals surface area contributed by atoms with Gasteiger partial charge < -0.3 is 4.57 Å². The number of hydrogen-bond donors (Lipinski definition) is 0. The SMILES string of the molecule is [CH2-]c1cc2c(cc1-c1ccccn1)c1ccccc1n2-c1ccccc1.[Ir]. The van der Waals surface area contributed by atoms with Crippen LogP contribution in [-0.2, 0) is 20.1 Å². The van der Waals surface area contributed by atoms with Gasteiger partial charge in [-0.3, -0.25) is 4.98 Å². The molecule has 5 aromatic rings. The zero-order valence-electron chi connectivity index (χ0n) is 14.6. The first kappa shape index (κ1) is 17.5. The Morgan fingerprint density at radius 2 is 1.44 bits per heavy atom. The minimum absolute atomic E-state index is 0. The van der Waals surface area contributed by atoms with Crippen LogP contribution in [0.15, 0.2) is 91.1 Å². The van der Waals surface area contributed by atoms with E-state index in [1.165, 1.54) is 21.8 Å². The Morgan fingerprint density at radius 1 is 0.704 bits per heavy atom. The number of hydrogen-bond acceptors (Lipinski definition) is 1. The first-order valence-electron chi connectivity index (χ1n) is 8.69. The number of rotatable bonds is 2. The van der Waals surface area contributed by atoms with Gasteiger partial charge in [0.2, 0.25) is 0 Å². The summed E-state index contributed by atoms with van der Waals surface area (Å²) in [6.45, 7) is 4.30. The quantitative estimate of drug-likeness (QED) is 0.258. The Kier molecular flexibility index (Phi) is 4.57. The predicted molar refractivity (Wildman–Crippen MR) is 108 cm³/mol. The van der Waals surface area contributed by atoms with Crippen molar-refractivity contribution in [3.05, 3.63) is 104 Å². The van der Waals surface area contributed by atoms with Gasteiger partial charge in [0.1, 0.15) is 0 Å². The van der Waals surface area contributed by atoms with Crippen molar-refractivity contribution >= 4 is 21.8 Å².